The number of ether oxygens (including phenoxy) is 1. The Labute approximate surface area is 83.8 Å². The van der Waals surface area contributed by atoms with E-state index in [0.717, 1.165) is 12.1 Å². The van der Waals surface area contributed by atoms with Crippen LogP contribution < -0.4 is 4.74 Å². The van der Waals surface area contributed by atoms with Gasteiger partial charge in [-0.05, 0) is 35.8 Å². The minimum Gasteiger partial charge on any atom is -0.490 e. The van der Waals surface area contributed by atoms with Crippen molar-refractivity contribution in [1.82, 2.24) is 0 Å². The van der Waals surface area contributed by atoms with Crippen LogP contribution in [0.1, 0.15) is 13.8 Å². The van der Waals surface area contributed by atoms with Gasteiger partial charge in [0.25, 0.3) is 0 Å². The Morgan fingerprint density at radius 2 is 1.77 bits per heavy atom. The molecule has 1 aromatic carbocycles. The van der Waals surface area contributed by atoms with Crippen LogP contribution in [0.15, 0.2) is 16.6 Å². The highest BCUT2D eigenvalue weighted by Crippen LogP contribution is 2.28. The molecule has 1 rings (SSSR count). The minimum absolute atomic E-state index is 0.0684. The quantitative estimate of drug-likeness (QED) is 0.731. The second-order valence-electron chi connectivity index (χ2n) is 2.86. The fourth-order valence-corrected chi connectivity index (χ4v) is 1.26. The van der Waals surface area contributed by atoms with E-state index in [2.05, 4.69) is 15.9 Å². The van der Waals surface area contributed by atoms with Crippen molar-refractivity contribution in [3.05, 3.63) is 28.2 Å². The molecule has 72 valence electrons. The molecule has 0 aliphatic heterocycles. The Bertz CT molecular complexity index is 313. The van der Waals surface area contributed by atoms with Gasteiger partial charge in [-0.15, -0.1) is 0 Å². The molecule has 0 unspecified atom stereocenters. The number of hydrogen-bond acceptors (Lipinski definition) is 1. The molecule has 0 aliphatic rings. The molecule has 0 aliphatic carbocycles. The maximum Gasteiger partial charge on any atom is 0.162 e. The summed E-state index contributed by atoms with van der Waals surface area (Å²) in [5.41, 5.74) is 0. The van der Waals surface area contributed by atoms with Gasteiger partial charge in [0.1, 0.15) is 5.75 Å². The lowest BCUT2D eigenvalue weighted by Crippen LogP contribution is -2.06. The summed E-state index contributed by atoms with van der Waals surface area (Å²) in [6.07, 6.45) is -0.0684. The van der Waals surface area contributed by atoms with Gasteiger partial charge in [-0.3, -0.25) is 0 Å². The van der Waals surface area contributed by atoms with E-state index >= 15 is 0 Å². The van der Waals surface area contributed by atoms with Crippen LogP contribution in [0.2, 0.25) is 0 Å². The monoisotopic (exact) mass is 250 g/mol. The van der Waals surface area contributed by atoms with Crippen molar-refractivity contribution in [2.75, 3.05) is 0 Å². The fourth-order valence-electron chi connectivity index (χ4n) is 0.849. The lowest BCUT2D eigenvalue weighted by atomic mass is 10.3. The second kappa shape index (κ2) is 4.05. The molecule has 0 radical (unpaired) electrons. The highest BCUT2D eigenvalue weighted by Gasteiger charge is 2.09. The third kappa shape index (κ3) is 2.66. The van der Waals surface area contributed by atoms with E-state index in [1.807, 2.05) is 13.8 Å². The smallest absolute Gasteiger partial charge is 0.162 e. The maximum atomic E-state index is 12.7. The molecule has 1 aromatic rings. The second-order valence-corrected chi connectivity index (χ2v) is 3.72. The number of halogens is 3. The molecule has 13 heavy (non-hydrogen) atoms. The summed E-state index contributed by atoms with van der Waals surface area (Å²) in [6, 6.07) is 2.08. The first-order valence-electron chi connectivity index (χ1n) is 3.82. The minimum atomic E-state index is -0.904. The van der Waals surface area contributed by atoms with E-state index in [0.29, 0.717) is 10.2 Å². The third-order valence-electron chi connectivity index (χ3n) is 1.34. The van der Waals surface area contributed by atoms with Crippen LogP contribution in [0.5, 0.6) is 5.75 Å². The molecular weight excluding hydrogens is 242 g/mol. The molecule has 0 heterocycles. The van der Waals surface area contributed by atoms with Gasteiger partial charge in [0.05, 0.1) is 10.6 Å². The Morgan fingerprint density at radius 1 is 1.23 bits per heavy atom. The normalized spacial score (nSPS) is 10.6. The van der Waals surface area contributed by atoms with Crippen molar-refractivity contribution in [3.63, 3.8) is 0 Å². The first-order chi connectivity index (χ1) is 6.00. The van der Waals surface area contributed by atoms with E-state index in [4.69, 9.17) is 4.74 Å². The third-order valence-corrected chi connectivity index (χ3v) is 1.96. The van der Waals surface area contributed by atoms with E-state index < -0.39 is 11.6 Å². The molecule has 0 saturated heterocycles. The van der Waals surface area contributed by atoms with Crippen molar-refractivity contribution < 1.29 is 13.5 Å². The Hall–Kier alpha value is -0.640. The van der Waals surface area contributed by atoms with Crippen molar-refractivity contribution in [3.8, 4) is 5.75 Å². The summed E-state index contributed by atoms with van der Waals surface area (Å²) < 4.78 is 31.0. The zero-order chi connectivity index (χ0) is 10.0. The number of hydrogen-bond donors (Lipinski definition) is 0. The molecular formula is C9H9BrF2O. The lowest BCUT2D eigenvalue weighted by molar-refractivity contribution is 0.239. The van der Waals surface area contributed by atoms with Gasteiger partial charge in [0.2, 0.25) is 0 Å². The molecule has 0 fully saturated rings. The van der Waals surface area contributed by atoms with Crippen LogP contribution in [-0.4, -0.2) is 6.10 Å². The topological polar surface area (TPSA) is 9.23 Å². The average Bonchev–Trinajstić information content (AvgIpc) is 1.99. The zero-order valence-corrected chi connectivity index (χ0v) is 8.86. The predicted molar refractivity (Wildman–Crippen MR) is 49.8 cm³/mol. The molecule has 0 bridgehead atoms. The predicted octanol–water partition coefficient (Wildman–Crippen LogP) is 3.51. The molecule has 1 nitrogen and oxygen atoms in total. The summed E-state index contributed by atoms with van der Waals surface area (Å²) in [5.74, 6) is -1.48. The maximum absolute atomic E-state index is 12.7. The Morgan fingerprint density at radius 3 is 2.31 bits per heavy atom. The van der Waals surface area contributed by atoms with Gasteiger partial charge < -0.3 is 4.74 Å². The van der Waals surface area contributed by atoms with Crippen LogP contribution >= 0.6 is 15.9 Å². The van der Waals surface area contributed by atoms with Crippen molar-refractivity contribution >= 4 is 15.9 Å². The lowest BCUT2D eigenvalue weighted by Gasteiger charge is -2.11. The van der Waals surface area contributed by atoms with Gasteiger partial charge in [-0.25, -0.2) is 8.78 Å². The van der Waals surface area contributed by atoms with Gasteiger partial charge in [0.15, 0.2) is 11.6 Å². The Balaban J connectivity index is 3.01. The van der Waals surface area contributed by atoms with Crippen LogP contribution in [-0.2, 0) is 0 Å². The molecule has 0 aromatic heterocycles. The van der Waals surface area contributed by atoms with E-state index in [1.54, 1.807) is 0 Å². The Kier molecular flexibility index (Phi) is 3.25. The van der Waals surface area contributed by atoms with Gasteiger partial charge >= 0.3 is 0 Å². The van der Waals surface area contributed by atoms with Crippen molar-refractivity contribution in [2.45, 2.75) is 20.0 Å². The molecule has 0 atom stereocenters. The molecule has 0 amide bonds. The largest absolute Gasteiger partial charge is 0.490 e. The SMILES string of the molecule is CC(C)Oc1cc(F)c(F)cc1Br. The summed E-state index contributed by atoms with van der Waals surface area (Å²) in [6.45, 7) is 3.63. The van der Waals surface area contributed by atoms with Crippen LogP contribution in [0.3, 0.4) is 0 Å². The van der Waals surface area contributed by atoms with Crippen molar-refractivity contribution in [2.24, 2.45) is 0 Å². The molecule has 4 heteroatoms. The number of benzene rings is 1. The molecule has 0 spiro atoms. The van der Waals surface area contributed by atoms with Gasteiger partial charge in [0, 0.05) is 6.07 Å². The summed E-state index contributed by atoms with van der Waals surface area (Å²) >= 11 is 3.08. The first-order valence-corrected chi connectivity index (χ1v) is 4.61. The fraction of sp³-hybridized carbons (Fsp3) is 0.333. The van der Waals surface area contributed by atoms with Crippen LogP contribution in [0.4, 0.5) is 8.78 Å². The highest BCUT2D eigenvalue weighted by molar-refractivity contribution is 9.10. The summed E-state index contributed by atoms with van der Waals surface area (Å²) in [7, 11) is 0. The van der Waals surface area contributed by atoms with Gasteiger partial charge in [-0.1, -0.05) is 0 Å². The number of rotatable bonds is 2. The average molecular weight is 251 g/mol. The van der Waals surface area contributed by atoms with E-state index in [1.165, 1.54) is 0 Å². The molecule has 0 N–H and O–H groups in total. The van der Waals surface area contributed by atoms with Crippen molar-refractivity contribution in [1.29, 1.82) is 0 Å². The van der Waals surface area contributed by atoms with E-state index in [9.17, 15) is 8.78 Å². The first kappa shape index (κ1) is 10.4. The molecule has 0 saturated carbocycles. The van der Waals surface area contributed by atoms with Crippen LogP contribution in [0, 0.1) is 11.6 Å². The highest BCUT2D eigenvalue weighted by atomic mass is 79.9. The summed E-state index contributed by atoms with van der Waals surface area (Å²) in [4.78, 5) is 0. The van der Waals surface area contributed by atoms with Crippen LogP contribution in [0.25, 0.3) is 0 Å². The summed E-state index contributed by atoms with van der Waals surface area (Å²) in [5, 5.41) is 0. The standard InChI is InChI=1S/C9H9BrF2O/c1-5(2)13-9-4-8(12)7(11)3-6(9)10/h3-5H,1-2H3. The van der Waals surface area contributed by atoms with Gasteiger partial charge in [-0.2, -0.15) is 0 Å². The van der Waals surface area contributed by atoms with E-state index in [-0.39, 0.29) is 6.10 Å². The zero-order valence-electron chi connectivity index (χ0n) is 7.27.